The van der Waals surface area contributed by atoms with Gasteiger partial charge in [0.15, 0.2) is 0 Å². The first-order chi connectivity index (χ1) is 13.4. The Kier molecular flexibility index (Phi) is 7.69. The molecule has 0 aliphatic carbocycles. The maximum absolute atomic E-state index is 12.4. The van der Waals surface area contributed by atoms with Gasteiger partial charge < -0.3 is 16.0 Å². The van der Waals surface area contributed by atoms with Crippen LogP contribution in [-0.2, 0) is 17.9 Å². The Hall–Kier alpha value is -2.74. The van der Waals surface area contributed by atoms with Crippen LogP contribution in [0, 0.1) is 0 Å². The van der Waals surface area contributed by atoms with Crippen LogP contribution in [0.4, 0.5) is 11.5 Å². The molecule has 0 saturated carbocycles. The first-order valence-corrected chi connectivity index (χ1v) is 9.63. The molecule has 0 aliphatic rings. The second-order valence-electron chi connectivity index (χ2n) is 6.42. The molecule has 0 atom stereocenters. The Morgan fingerprint density at radius 2 is 2.07 bits per heavy atom. The molecule has 28 heavy (non-hydrogen) atoms. The van der Waals surface area contributed by atoms with Crippen molar-refractivity contribution in [3.05, 3.63) is 55.7 Å². The Morgan fingerprint density at radius 1 is 1.32 bits per heavy atom. The molecule has 0 aliphatic heterocycles. The lowest BCUT2D eigenvalue weighted by atomic mass is 10.2. The maximum Gasteiger partial charge on any atom is 0.330 e. The SMILES string of the molecule is CCCCn1c(N)c(N(CC)CC(=O)NCc2cccc(Cl)c2)c(=O)[nH]c1=O. The molecule has 1 heterocycles. The molecular formula is C19H26ClN5O3. The minimum absolute atomic E-state index is 0.0592. The number of aromatic nitrogens is 2. The number of amides is 1. The van der Waals surface area contributed by atoms with Crippen LogP contribution >= 0.6 is 11.6 Å². The van der Waals surface area contributed by atoms with E-state index in [-0.39, 0.29) is 24.0 Å². The number of anilines is 2. The molecule has 9 heteroatoms. The number of benzene rings is 1. The van der Waals surface area contributed by atoms with Crippen LogP contribution in [0.25, 0.3) is 0 Å². The van der Waals surface area contributed by atoms with Crippen molar-refractivity contribution in [2.75, 3.05) is 23.7 Å². The minimum Gasteiger partial charge on any atom is -0.383 e. The van der Waals surface area contributed by atoms with E-state index in [9.17, 15) is 14.4 Å². The minimum atomic E-state index is -0.597. The van der Waals surface area contributed by atoms with E-state index in [1.54, 1.807) is 17.0 Å². The summed E-state index contributed by atoms with van der Waals surface area (Å²) in [6.45, 7) is 4.85. The van der Waals surface area contributed by atoms with Crippen LogP contribution in [0.5, 0.6) is 0 Å². The van der Waals surface area contributed by atoms with Crippen molar-refractivity contribution >= 4 is 29.0 Å². The quantitative estimate of drug-likeness (QED) is 0.585. The van der Waals surface area contributed by atoms with Gasteiger partial charge >= 0.3 is 5.69 Å². The van der Waals surface area contributed by atoms with Crippen LogP contribution in [0.3, 0.4) is 0 Å². The van der Waals surface area contributed by atoms with Crippen LogP contribution < -0.4 is 27.2 Å². The van der Waals surface area contributed by atoms with E-state index in [0.29, 0.717) is 24.7 Å². The van der Waals surface area contributed by atoms with Gasteiger partial charge in [-0.3, -0.25) is 19.1 Å². The summed E-state index contributed by atoms with van der Waals surface area (Å²) in [5, 5.41) is 3.39. The van der Waals surface area contributed by atoms with Crippen molar-refractivity contribution in [3.63, 3.8) is 0 Å². The van der Waals surface area contributed by atoms with Crippen molar-refractivity contribution < 1.29 is 4.79 Å². The fourth-order valence-corrected chi connectivity index (χ4v) is 3.06. The number of nitrogens with two attached hydrogens (primary N) is 1. The number of nitrogen functional groups attached to an aromatic ring is 1. The van der Waals surface area contributed by atoms with Gasteiger partial charge in [0, 0.05) is 24.7 Å². The normalized spacial score (nSPS) is 10.7. The van der Waals surface area contributed by atoms with Crippen LogP contribution in [0.15, 0.2) is 33.9 Å². The van der Waals surface area contributed by atoms with E-state index in [4.69, 9.17) is 17.3 Å². The molecule has 0 spiro atoms. The van der Waals surface area contributed by atoms with E-state index in [2.05, 4.69) is 10.3 Å². The van der Waals surface area contributed by atoms with Gasteiger partial charge in [-0.1, -0.05) is 37.1 Å². The summed E-state index contributed by atoms with van der Waals surface area (Å²) < 4.78 is 1.34. The zero-order valence-electron chi connectivity index (χ0n) is 16.1. The van der Waals surface area contributed by atoms with E-state index in [1.807, 2.05) is 26.0 Å². The lowest BCUT2D eigenvalue weighted by Crippen LogP contribution is -2.42. The average molecular weight is 408 g/mol. The van der Waals surface area contributed by atoms with E-state index >= 15 is 0 Å². The molecule has 1 aromatic carbocycles. The van der Waals surface area contributed by atoms with Gasteiger partial charge in [-0.15, -0.1) is 0 Å². The number of halogens is 1. The Labute approximate surface area is 168 Å². The van der Waals surface area contributed by atoms with Crippen molar-refractivity contribution in [1.29, 1.82) is 0 Å². The van der Waals surface area contributed by atoms with Crippen molar-refractivity contribution in [2.24, 2.45) is 0 Å². The third-order valence-corrected chi connectivity index (χ3v) is 4.60. The predicted molar refractivity (Wildman–Crippen MR) is 112 cm³/mol. The van der Waals surface area contributed by atoms with Crippen molar-refractivity contribution in [2.45, 2.75) is 39.8 Å². The lowest BCUT2D eigenvalue weighted by Gasteiger charge is -2.24. The summed E-state index contributed by atoms with van der Waals surface area (Å²) in [6.07, 6.45) is 1.63. The molecule has 1 aromatic heterocycles. The van der Waals surface area contributed by atoms with Gasteiger partial charge in [0.25, 0.3) is 5.56 Å². The molecular weight excluding hydrogens is 382 g/mol. The largest absolute Gasteiger partial charge is 0.383 e. The average Bonchev–Trinajstić information content (AvgIpc) is 2.65. The summed E-state index contributed by atoms with van der Waals surface area (Å²) >= 11 is 5.94. The number of hydrogen-bond donors (Lipinski definition) is 3. The van der Waals surface area contributed by atoms with Crippen molar-refractivity contribution in [1.82, 2.24) is 14.9 Å². The van der Waals surface area contributed by atoms with Crippen LogP contribution in [-0.4, -0.2) is 28.5 Å². The molecule has 0 saturated heterocycles. The summed E-state index contributed by atoms with van der Waals surface area (Å²) in [6, 6.07) is 7.19. The number of rotatable bonds is 9. The van der Waals surface area contributed by atoms with Crippen LogP contribution in [0.1, 0.15) is 32.3 Å². The first-order valence-electron chi connectivity index (χ1n) is 9.26. The summed E-state index contributed by atoms with van der Waals surface area (Å²) in [4.78, 5) is 40.6. The predicted octanol–water partition coefficient (Wildman–Crippen LogP) is 1.71. The zero-order chi connectivity index (χ0) is 20.7. The van der Waals surface area contributed by atoms with Gasteiger partial charge in [0.1, 0.15) is 11.5 Å². The molecule has 2 rings (SSSR count). The topological polar surface area (TPSA) is 113 Å². The second-order valence-corrected chi connectivity index (χ2v) is 6.86. The molecule has 0 radical (unpaired) electrons. The van der Waals surface area contributed by atoms with Gasteiger partial charge in [0.2, 0.25) is 5.91 Å². The molecule has 4 N–H and O–H groups in total. The third kappa shape index (κ3) is 5.39. The zero-order valence-corrected chi connectivity index (χ0v) is 16.9. The number of aromatic amines is 1. The highest BCUT2D eigenvalue weighted by atomic mass is 35.5. The smallest absolute Gasteiger partial charge is 0.330 e. The number of hydrogen-bond acceptors (Lipinski definition) is 5. The molecule has 1 amide bonds. The number of H-pyrrole nitrogens is 1. The fourth-order valence-electron chi connectivity index (χ4n) is 2.85. The highest BCUT2D eigenvalue weighted by Crippen LogP contribution is 2.16. The summed E-state index contributed by atoms with van der Waals surface area (Å²) in [7, 11) is 0. The van der Waals surface area contributed by atoms with Gasteiger partial charge in [0.05, 0.1) is 6.54 Å². The highest BCUT2D eigenvalue weighted by molar-refractivity contribution is 6.30. The lowest BCUT2D eigenvalue weighted by molar-refractivity contribution is -0.119. The number of nitrogens with one attached hydrogen (secondary N) is 2. The molecule has 8 nitrogen and oxygen atoms in total. The fraction of sp³-hybridized carbons (Fsp3) is 0.421. The maximum atomic E-state index is 12.4. The Bertz CT molecular complexity index is 938. The molecule has 0 unspecified atom stereocenters. The first kappa shape index (κ1) is 21.6. The van der Waals surface area contributed by atoms with Crippen LogP contribution in [0.2, 0.25) is 5.02 Å². The van der Waals surface area contributed by atoms with E-state index in [0.717, 1.165) is 18.4 Å². The summed E-state index contributed by atoms with van der Waals surface area (Å²) in [5.41, 5.74) is 5.98. The number of nitrogens with zero attached hydrogens (tertiary/aromatic N) is 2. The van der Waals surface area contributed by atoms with Gasteiger partial charge in [-0.05, 0) is 31.0 Å². The van der Waals surface area contributed by atoms with Gasteiger partial charge in [-0.25, -0.2) is 4.79 Å². The highest BCUT2D eigenvalue weighted by Gasteiger charge is 2.19. The number of carbonyl (C=O) groups is 1. The molecule has 0 fully saturated rings. The molecule has 2 aromatic rings. The Morgan fingerprint density at radius 3 is 2.71 bits per heavy atom. The monoisotopic (exact) mass is 407 g/mol. The number of likely N-dealkylation sites (N-methyl/N-ethyl adjacent to an activating group) is 1. The van der Waals surface area contributed by atoms with E-state index < -0.39 is 11.2 Å². The number of carbonyl (C=O) groups excluding carboxylic acids is 1. The van der Waals surface area contributed by atoms with E-state index in [1.165, 1.54) is 4.57 Å². The number of unbranched alkanes of at least 4 members (excludes halogenated alkanes) is 1. The molecule has 152 valence electrons. The van der Waals surface area contributed by atoms with Crippen molar-refractivity contribution in [3.8, 4) is 0 Å². The second kappa shape index (κ2) is 9.98. The standard InChI is InChI=1S/C19H26ClN5O3/c1-3-5-9-25-17(21)16(18(27)23-19(25)28)24(4-2)12-15(26)22-11-13-7-6-8-14(20)10-13/h6-8,10H,3-5,9,11-12,21H2,1-2H3,(H,22,26)(H,23,27,28). The summed E-state index contributed by atoms with van der Waals surface area (Å²) in [5.74, 6) is -0.196. The third-order valence-electron chi connectivity index (χ3n) is 4.36. The van der Waals surface area contributed by atoms with Gasteiger partial charge in [-0.2, -0.15) is 0 Å². The Balaban J connectivity index is 2.17. The molecule has 0 bridgehead atoms.